The maximum Gasteiger partial charge on any atom is 0.105 e. The molecule has 0 nitrogen and oxygen atoms in total. The Bertz CT molecular complexity index is 885. The van der Waals surface area contributed by atoms with Crippen molar-refractivity contribution in [2.75, 3.05) is 0 Å². The van der Waals surface area contributed by atoms with Crippen LogP contribution in [0.25, 0.3) is 12.2 Å². The fraction of sp³-hybridized carbons (Fsp3) is 0.0909. The third kappa shape index (κ3) is 2.83. The third-order valence-corrected chi connectivity index (χ3v) is 9.18. The Labute approximate surface area is 186 Å². The van der Waals surface area contributed by atoms with Gasteiger partial charge in [-0.25, -0.2) is 0 Å². The number of hydrogen-bond donors (Lipinski definition) is 0. The standard InChI is InChI=1S/C22H18Cl2Si.Zr/c1-3-21(23)17-11-7-5-9-15(17)13-19(21)25-20-14-16-10-6-8-12-18(16)22(20,24)4-2;/h3-14H,1-2,25H2;. The molecule has 4 rings (SSSR count). The Kier molecular flexibility index (Phi) is 5.53. The molecule has 0 aliphatic heterocycles. The van der Waals surface area contributed by atoms with Crippen LogP contribution in [0.4, 0.5) is 0 Å². The number of hydrogen-bond acceptors (Lipinski definition) is 0. The summed E-state index contributed by atoms with van der Waals surface area (Å²) in [6.07, 6.45) is 8.15. The van der Waals surface area contributed by atoms with Crippen molar-refractivity contribution in [2.45, 2.75) is 9.75 Å². The Balaban J connectivity index is 0.00000196. The van der Waals surface area contributed by atoms with E-state index in [0.29, 0.717) is 0 Å². The Morgan fingerprint density at radius 2 is 1.12 bits per heavy atom. The summed E-state index contributed by atoms with van der Waals surface area (Å²) in [5, 5.41) is 2.47. The number of benzene rings is 2. The molecule has 0 bridgehead atoms. The zero-order valence-electron chi connectivity index (χ0n) is 14.3. The van der Waals surface area contributed by atoms with Gasteiger partial charge in [0.1, 0.15) is 9.75 Å². The molecule has 2 aliphatic carbocycles. The van der Waals surface area contributed by atoms with Crippen LogP contribution in [0.3, 0.4) is 0 Å². The van der Waals surface area contributed by atoms with E-state index in [1.165, 1.54) is 21.5 Å². The molecule has 0 saturated heterocycles. The number of halogens is 2. The van der Waals surface area contributed by atoms with Crippen LogP contribution in [0.15, 0.2) is 84.2 Å². The Morgan fingerprint density at radius 1 is 0.731 bits per heavy atom. The summed E-state index contributed by atoms with van der Waals surface area (Å²) in [6, 6.07) is 16.5. The molecule has 0 heterocycles. The molecule has 0 spiro atoms. The van der Waals surface area contributed by atoms with E-state index in [9.17, 15) is 0 Å². The first-order chi connectivity index (χ1) is 12.0. The second-order valence-corrected chi connectivity index (χ2v) is 9.59. The quantitative estimate of drug-likeness (QED) is 0.313. The first-order valence-electron chi connectivity index (χ1n) is 8.29. The monoisotopic (exact) mass is 470 g/mol. The molecule has 2 unspecified atom stereocenters. The Morgan fingerprint density at radius 3 is 1.50 bits per heavy atom. The van der Waals surface area contributed by atoms with Gasteiger partial charge in [0.25, 0.3) is 0 Å². The van der Waals surface area contributed by atoms with Crippen molar-refractivity contribution in [2.24, 2.45) is 0 Å². The number of alkyl halides is 2. The maximum atomic E-state index is 7.03. The van der Waals surface area contributed by atoms with Gasteiger partial charge in [0.05, 0.1) is 9.52 Å². The zero-order chi connectivity index (χ0) is 17.7. The SMILES string of the molecule is C=CC1(Cl)C([SiH2]C2=Cc3ccccc3C2(Cl)C=C)=Cc2ccccc21.[Zr]. The van der Waals surface area contributed by atoms with Gasteiger partial charge in [-0.05, 0) is 22.3 Å². The molecular weight excluding hydrogens is 454 g/mol. The van der Waals surface area contributed by atoms with Crippen LogP contribution >= 0.6 is 23.2 Å². The van der Waals surface area contributed by atoms with E-state index in [4.69, 9.17) is 23.2 Å². The minimum absolute atomic E-state index is 0. The number of rotatable bonds is 4. The summed E-state index contributed by atoms with van der Waals surface area (Å²) in [4.78, 5) is -1.26. The van der Waals surface area contributed by atoms with Crippen LogP contribution in [0, 0.1) is 0 Å². The molecule has 2 atom stereocenters. The molecular formula is C22H18Cl2SiZr. The second kappa shape index (κ2) is 7.24. The van der Waals surface area contributed by atoms with Crippen molar-refractivity contribution in [1.82, 2.24) is 0 Å². The molecule has 0 saturated carbocycles. The number of fused-ring (bicyclic) bond motifs is 2. The molecule has 2 aromatic rings. The average Bonchev–Trinajstić information content (AvgIpc) is 3.09. The van der Waals surface area contributed by atoms with E-state index in [1.807, 2.05) is 36.4 Å². The van der Waals surface area contributed by atoms with Gasteiger partial charge in [-0.3, -0.25) is 0 Å². The van der Waals surface area contributed by atoms with Gasteiger partial charge in [0.15, 0.2) is 0 Å². The van der Waals surface area contributed by atoms with Gasteiger partial charge in [-0.15, -0.1) is 36.4 Å². The maximum absolute atomic E-state index is 7.03. The van der Waals surface area contributed by atoms with Crippen LogP contribution in [-0.2, 0) is 36.0 Å². The topological polar surface area (TPSA) is 0 Å². The van der Waals surface area contributed by atoms with Crippen LogP contribution in [0.2, 0.25) is 0 Å². The molecule has 2 aliphatic rings. The summed E-state index contributed by atoms with van der Waals surface area (Å²) in [6.45, 7) is 8.02. The first-order valence-corrected chi connectivity index (χ1v) is 10.5. The first kappa shape index (κ1) is 19.8. The molecule has 0 aromatic heterocycles. The van der Waals surface area contributed by atoms with Crippen molar-refractivity contribution in [3.8, 4) is 0 Å². The molecule has 0 N–H and O–H groups in total. The van der Waals surface area contributed by atoms with Gasteiger partial charge in [-0.2, -0.15) is 0 Å². The number of allylic oxidation sites excluding steroid dienone is 4. The molecule has 0 fully saturated rings. The van der Waals surface area contributed by atoms with E-state index in [2.05, 4.69) is 49.6 Å². The summed E-state index contributed by atoms with van der Waals surface area (Å²) >= 11 is 14.1. The summed E-state index contributed by atoms with van der Waals surface area (Å²) in [5.74, 6) is 0. The van der Waals surface area contributed by atoms with Gasteiger partial charge in [0.2, 0.25) is 0 Å². The summed E-state index contributed by atoms with van der Waals surface area (Å²) in [7, 11) is -0.878. The predicted molar refractivity (Wildman–Crippen MR) is 113 cm³/mol. The van der Waals surface area contributed by atoms with Gasteiger partial charge >= 0.3 is 0 Å². The van der Waals surface area contributed by atoms with Crippen LogP contribution in [-0.4, -0.2) is 9.52 Å². The second-order valence-electron chi connectivity index (χ2n) is 6.52. The smallest absolute Gasteiger partial charge is 0.105 e. The van der Waals surface area contributed by atoms with Crippen LogP contribution in [0.1, 0.15) is 22.3 Å². The average molecular weight is 473 g/mol. The van der Waals surface area contributed by atoms with Gasteiger partial charge < -0.3 is 0 Å². The molecule has 128 valence electrons. The predicted octanol–water partition coefficient (Wildman–Crippen LogP) is 5.50. The van der Waals surface area contributed by atoms with Gasteiger partial charge in [0, 0.05) is 26.2 Å². The minimum atomic E-state index is -0.878. The van der Waals surface area contributed by atoms with Crippen molar-refractivity contribution >= 4 is 44.9 Å². The van der Waals surface area contributed by atoms with E-state index >= 15 is 0 Å². The summed E-state index contributed by atoms with van der Waals surface area (Å²) in [5.41, 5.74) is 4.58. The van der Waals surface area contributed by atoms with E-state index in [1.54, 1.807) is 0 Å². The molecule has 0 amide bonds. The van der Waals surface area contributed by atoms with Crippen molar-refractivity contribution < 1.29 is 26.2 Å². The van der Waals surface area contributed by atoms with Crippen LogP contribution < -0.4 is 0 Å². The fourth-order valence-corrected chi connectivity index (χ4v) is 6.98. The molecule has 4 heteroatoms. The molecule has 26 heavy (non-hydrogen) atoms. The largest absolute Gasteiger partial charge is 0.105 e. The summed E-state index contributed by atoms with van der Waals surface area (Å²) < 4.78 is 0. The van der Waals surface area contributed by atoms with Crippen LogP contribution in [0.5, 0.6) is 0 Å². The van der Waals surface area contributed by atoms with Gasteiger partial charge in [-0.1, -0.05) is 83.2 Å². The zero-order valence-corrected chi connectivity index (χ0v) is 19.7. The van der Waals surface area contributed by atoms with Crippen molar-refractivity contribution in [3.05, 3.63) is 106 Å². The third-order valence-electron chi connectivity index (χ3n) is 5.24. The Hall–Kier alpha value is -0.920. The van der Waals surface area contributed by atoms with E-state index in [0.717, 1.165) is 11.1 Å². The minimum Gasteiger partial charge on any atom is -0.105 e. The van der Waals surface area contributed by atoms with E-state index in [-0.39, 0.29) is 26.2 Å². The fourth-order valence-electron chi connectivity index (χ4n) is 3.89. The van der Waals surface area contributed by atoms with Crippen molar-refractivity contribution in [1.29, 1.82) is 0 Å². The molecule has 0 radical (unpaired) electrons. The normalized spacial score (nSPS) is 25.9. The molecule has 2 aromatic carbocycles. The van der Waals surface area contributed by atoms with Crippen molar-refractivity contribution in [3.63, 3.8) is 0 Å². The van der Waals surface area contributed by atoms with E-state index < -0.39 is 19.3 Å².